The van der Waals surface area contributed by atoms with Crippen molar-refractivity contribution >= 4 is 18.0 Å². The van der Waals surface area contributed by atoms with Crippen LogP contribution in [-0.4, -0.2) is 77.1 Å². The van der Waals surface area contributed by atoms with Crippen molar-refractivity contribution in [3.63, 3.8) is 0 Å². The highest BCUT2D eigenvalue weighted by Crippen LogP contribution is 2.66. The van der Waals surface area contributed by atoms with Gasteiger partial charge in [0.25, 0.3) is 0 Å². The van der Waals surface area contributed by atoms with Crippen LogP contribution in [0.2, 0.25) is 0 Å². The van der Waals surface area contributed by atoms with E-state index < -0.39 is 35.5 Å². The zero-order valence-corrected chi connectivity index (χ0v) is 26.7. The zero-order valence-electron chi connectivity index (χ0n) is 26.7. The van der Waals surface area contributed by atoms with E-state index >= 15 is 0 Å². The van der Waals surface area contributed by atoms with Gasteiger partial charge in [0.15, 0.2) is 11.5 Å². The number of benzene rings is 3. The molecule has 2 bridgehead atoms. The first-order valence-corrected chi connectivity index (χ1v) is 16.2. The SMILES string of the molecule is CC(=O)Oc1ccc2c3c1O[C@H]1[C@@H](N(C)C(=O)C=Cc4cccc(OC(F)(F)F)c4)CC[C@@]4(O)[C@@H](C2)N(CCc2ccccc2)CC[C@]314. The van der Waals surface area contributed by atoms with Crippen molar-refractivity contribution in [2.24, 2.45) is 0 Å². The number of esters is 1. The Morgan fingerprint density at radius 1 is 1.10 bits per heavy atom. The number of hydrogen-bond acceptors (Lipinski definition) is 7. The molecule has 3 aromatic rings. The third-order valence-electron chi connectivity index (χ3n) is 10.7. The summed E-state index contributed by atoms with van der Waals surface area (Å²) in [4.78, 5) is 29.7. The van der Waals surface area contributed by atoms with E-state index in [1.54, 1.807) is 24.1 Å². The number of alkyl halides is 3. The number of likely N-dealkylation sites (N-methyl/N-ethyl adjacent to an activating group) is 1. The molecular formula is C37H37F3N2O6. The van der Waals surface area contributed by atoms with E-state index in [4.69, 9.17) is 9.47 Å². The molecular weight excluding hydrogens is 625 g/mol. The topological polar surface area (TPSA) is 88.5 Å². The molecule has 11 heteroatoms. The molecule has 7 rings (SSSR count). The Balaban J connectivity index is 1.20. The van der Waals surface area contributed by atoms with Crippen LogP contribution in [0.4, 0.5) is 13.2 Å². The van der Waals surface area contributed by atoms with Crippen molar-refractivity contribution in [3.05, 3.63) is 95.1 Å². The number of carbonyl (C=O) groups is 2. The molecule has 2 heterocycles. The summed E-state index contributed by atoms with van der Waals surface area (Å²) in [6.07, 6.45) is 0.260. The first kappa shape index (κ1) is 32.2. The van der Waals surface area contributed by atoms with E-state index in [1.165, 1.54) is 42.8 Å². The fourth-order valence-electron chi connectivity index (χ4n) is 8.68. The minimum absolute atomic E-state index is 0.174. The number of halogens is 3. The van der Waals surface area contributed by atoms with Gasteiger partial charge >= 0.3 is 12.3 Å². The molecule has 5 atom stereocenters. The van der Waals surface area contributed by atoms with Crippen molar-refractivity contribution in [2.75, 3.05) is 20.1 Å². The molecule has 252 valence electrons. The third kappa shape index (κ3) is 5.42. The Kier molecular flexibility index (Phi) is 8.03. The Bertz CT molecular complexity index is 1760. The number of carbonyl (C=O) groups excluding carboxylic acids is 2. The summed E-state index contributed by atoms with van der Waals surface area (Å²) < 4.78 is 54.6. The fraction of sp³-hybridized carbons (Fsp3) is 0.405. The third-order valence-corrected chi connectivity index (χ3v) is 10.7. The maximum Gasteiger partial charge on any atom is 0.573 e. The van der Waals surface area contributed by atoms with E-state index in [2.05, 4.69) is 21.8 Å². The molecule has 1 amide bonds. The number of likely N-dealkylation sites (tertiary alicyclic amines) is 1. The summed E-state index contributed by atoms with van der Waals surface area (Å²) in [6, 6.07) is 18.8. The maximum atomic E-state index is 13.6. The summed E-state index contributed by atoms with van der Waals surface area (Å²) in [5, 5.41) is 12.9. The van der Waals surface area contributed by atoms with Gasteiger partial charge in [-0.05, 0) is 79.6 Å². The van der Waals surface area contributed by atoms with Gasteiger partial charge in [0, 0.05) is 38.2 Å². The van der Waals surface area contributed by atoms with Gasteiger partial charge in [-0.15, -0.1) is 13.2 Å². The van der Waals surface area contributed by atoms with E-state index in [-0.39, 0.29) is 17.7 Å². The number of hydrogen-bond donors (Lipinski definition) is 1. The van der Waals surface area contributed by atoms with Crippen molar-refractivity contribution in [1.82, 2.24) is 9.80 Å². The molecule has 2 aliphatic heterocycles. The fourth-order valence-corrected chi connectivity index (χ4v) is 8.68. The molecule has 0 aromatic heterocycles. The Hall–Kier alpha value is -4.35. The lowest BCUT2D eigenvalue weighted by molar-refractivity contribution is -0.274. The van der Waals surface area contributed by atoms with Gasteiger partial charge in [-0.25, -0.2) is 0 Å². The van der Waals surface area contributed by atoms with E-state index in [1.807, 2.05) is 24.3 Å². The Morgan fingerprint density at radius 3 is 2.65 bits per heavy atom. The smallest absolute Gasteiger partial charge is 0.483 e. The molecule has 8 nitrogen and oxygen atoms in total. The first-order chi connectivity index (χ1) is 22.9. The summed E-state index contributed by atoms with van der Waals surface area (Å²) in [7, 11) is 1.68. The molecule has 3 aromatic carbocycles. The predicted molar refractivity (Wildman–Crippen MR) is 171 cm³/mol. The molecule has 1 spiro atoms. The van der Waals surface area contributed by atoms with Crippen LogP contribution >= 0.6 is 0 Å². The summed E-state index contributed by atoms with van der Waals surface area (Å²) >= 11 is 0. The van der Waals surface area contributed by atoms with E-state index in [9.17, 15) is 27.9 Å². The number of piperidine rings is 1. The Labute approximate surface area is 276 Å². The lowest BCUT2D eigenvalue weighted by atomic mass is 9.48. The second-order valence-electron chi connectivity index (χ2n) is 13.2. The zero-order chi connectivity index (χ0) is 33.8. The summed E-state index contributed by atoms with van der Waals surface area (Å²) in [6.45, 7) is 2.83. The lowest BCUT2D eigenvalue weighted by Crippen LogP contribution is -2.78. The number of amides is 1. The number of ether oxygens (including phenoxy) is 3. The van der Waals surface area contributed by atoms with Gasteiger partial charge in [0.05, 0.1) is 17.1 Å². The molecule has 1 saturated carbocycles. The van der Waals surface area contributed by atoms with Crippen LogP contribution in [0.15, 0.2) is 72.8 Å². The van der Waals surface area contributed by atoms with Gasteiger partial charge in [0.1, 0.15) is 11.9 Å². The molecule has 0 radical (unpaired) electrons. The monoisotopic (exact) mass is 662 g/mol. The largest absolute Gasteiger partial charge is 0.573 e. The average molecular weight is 663 g/mol. The molecule has 2 aliphatic carbocycles. The average Bonchev–Trinajstić information content (AvgIpc) is 3.39. The van der Waals surface area contributed by atoms with Gasteiger partial charge in [-0.1, -0.05) is 48.5 Å². The number of aliphatic hydroxyl groups is 1. The highest BCUT2D eigenvalue weighted by molar-refractivity contribution is 5.92. The highest BCUT2D eigenvalue weighted by Gasteiger charge is 2.73. The first-order valence-electron chi connectivity index (χ1n) is 16.2. The van der Waals surface area contributed by atoms with Crippen LogP contribution in [-0.2, 0) is 27.8 Å². The van der Waals surface area contributed by atoms with Crippen molar-refractivity contribution in [1.29, 1.82) is 0 Å². The number of rotatable bonds is 8. The van der Waals surface area contributed by atoms with Gasteiger partial charge in [0.2, 0.25) is 5.91 Å². The van der Waals surface area contributed by atoms with Crippen LogP contribution in [0.3, 0.4) is 0 Å². The predicted octanol–water partition coefficient (Wildman–Crippen LogP) is 5.45. The van der Waals surface area contributed by atoms with Crippen molar-refractivity contribution < 1.29 is 42.1 Å². The molecule has 0 unspecified atom stereocenters. The standard InChI is InChI=1S/C37H37F3N2O6/c1-23(43)46-29-13-12-26-22-30-36(45)17-15-28(41(2)31(44)14-11-25-9-6-10-27(21-25)48-37(38,39)40)34-35(36,32(26)33(29)47-34)18-20-42(30)19-16-24-7-4-3-5-8-24/h3-14,21,28,30,34,45H,15-20,22H2,1-2H3/t28-,30+,34-,35-,36+/m0/s1. The Morgan fingerprint density at radius 2 is 1.90 bits per heavy atom. The van der Waals surface area contributed by atoms with Crippen molar-refractivity contribution in [2.45, 2.75) is 74.6 Å². The minimum atomic E-state index is -4.83. The maximum absolute atomic E-state index is 13.6. The van der Waals surface area contributed by atoms with Crippen molar-refractivity contribution in [3.8, 4) is 17.2 Å². The van der Waals surface area contributed by atoms with Gasteiger partial charge in [-0.2, -0.15) is 0 Å². The molecule has 4 aliphatic rings. The van der Waals surface area contributed by atoms with Crippen LogP contribution in [0.25, 0.3) is 6.08 Å². The van der Waals surface area contributed by atoms with Crippen LogP contribution < -0.4 is 14.2 Å². The highest BCUT2D eigenvalue weighted by atomic mass is 19.4. The second-order valence-corrected chi connectivity index (χ2v) is 13.2. The quantitative estimate of drug-likeness (QED) is 0.195. The summed E-state index contributed by atoms with van der Waals surface area (Å²) in [5.74, 6) is -0.482. The van der Waals surface area contributed by atoms with Crippen LogP contribution in [0.1, 0.15) is 48.4 Å². The van der Waals surface area contributed by atoms with Crippen LogP contribution in [0, 0.1) is 0 Å². The summed E-state index contributed by atoms with van der Waals surface area (Å²) in [5.41, 5.74) is 1.51. The normalized spacial score (nSPS) is 27.2. The van der Waals surface area contributed by atoms with Gasteiger partial charge in [-0.3, -0.25) is 14.5 Å². The van der Waals surface area contributed by atoms with Gasteiger partial charge < -0.3 is 24.2 Å². The van der Waals surface area contributed by atoms with E-state index in [0.29, 0.717) is 42.7 Å². The molecule has 48 heavy (non-hydrogen) atoms. The molecule has 1 N–H and O–H groups in total. The lowest BCUT2D eigenvalue weighted by Gasteiger charge is -2.64. The molecule has 2 fully saturated rings. The second kappa shape index (κ2) is 12.0. The minimum Gasteiger partial charge on any atom is -0.483 e. The molecule has 1 saturated heterocycles. The number of nitrogens with zero attached hydrogens (tertiary/aromatic N) is 2. The van der Waals surface area contributed by atoms with Crippen LogP contribution in [0.5, 0.6) is 17.2 Å². The van der Waals surface area contributed by atoms with E-state index in [0.717, 1.165) is 30.6 Å².